The van der Waals surface area contributed by atoms with Gasteiger partial charge in [-0.15, -0.1) is 0 Å². The predicted octanol–water partition coefficient (Wildman–Crippen LogP) is 10.2. The van der Waals surface area contributed by atoms with Crippen LogP contribution in [0.3, 0.4) is 0 Å². The average Bonchev–Trinajstić information content (AvgIpc) is 2.96. The number of aliphatic hydroxyl groups excluding tert-OH is 1. The van der Waals surface area contributed by atoms with Crippen LogP contribution in [0.15, 0.2) is 12.2 Å². The van der Waals surface area contributed by atoms with Crippen molar-refractivity contribution in [2.45, 2.75) is 206 Å². The minimum absolute atomic E-state index is 0.277. The molecule has 256 valence electrons. The lowest BCUT2D eigenvalue weighted by molar-refractivity contribution is -0.122. The fourth-order valence-electron chi connectivity index (χ4n) is 5.68. The van der Waals surface area contributed by atoms with Crippen LogP contribution in [0.5, 0.6) is 0 Å². The van der Waals surface area contributed by atoms with E-state index in [9.17, 15) is 22.9 Å². The van der Waals surface area contributed by atoms with Gasteiger partial charge in [-0.1, -0.05) is 180 Å². The summed E-state index contributed by atoms with van der Waals surface area (Å²) in [6.45, 7) is 4.50. The standard InChI is InChI=1S/C36H71NO5S/c1-3-5-7-9-11-13-15-16-17-18-19-20-22-24-26-28-30-32-36(39)37-34(33-43(40,41)42)35(38)31-29-27-25-23-21-14-12-10-8-6-4-2/h29,31,34-35,38H,3-28,30,32-33H2,1-2H3,(H,37,39)(H,40,41,42)/b31-29+. The molecule has 0 rings (SSSR count). The Labute approximate surface area is 267 Å². The Hall–Kier alpha value is -0.920. The molecule has 6 nitrogen and oxygen atoms in total. The summed E-state index contributed by atoms with van der Waals surface area (Å²) in [4.78, 5) is 12.4. The molecule has 0 aliphatic carbocycles. The molecule has 0 radical (unpaired) electrons. The van der Waals surface area contributed by atoms with Crippen LogP contribution < -0.4 is 5.32 Å². The summed E-state index contributed by atoms with van der Waals surface area (Å²) in [5.41, 5.74) is 0. The molecule has 0 saturated heterocycles. The normalized spacial score (nSPS) is 13.5. The quantitative estimate of drug-likeness (QED) is 0.0381. The average molecular weight is 630 g/mol. The lowest BCUT2D eigenvalue weighted by Crippen LogP contribution is -2.46. The van der Waals surface area contributed by atoms with Gasteiger partial charge in [0.25, 0.3) is 10.1 Å². The number of carbonyl (C=O) groups is 1. The highest BCUT2D eigenvalue weighted by molar-refractivity contribution is 7.85. The molecule has 0 saturated carbocycles. The lowest BCUT2D eigenvalue weighted by atomic mass is 10.0. The van der Waals surface area contributed by atoms with Crippen LogP contribution in [0.1, 0.15) is 194 Å². The van der Waals surface area contributed by atoms with Crippen molar-refractivity contribution in [3.05, 3.63) is 12.2 Å². The molecule has 0 aliphatic rings. The summed E-state index contributed by atoms with van der Waals surface area (Å²) in [7, 11) is -4.33. The first-order chi connectivity index (χ1) is 20.8. The van der Waals surface area contributed by atoms with Crippen LogP contribution in [-0.4, -0.2) is 41.9 Å². The van der Waals surface area contributed by atoms with Crippen LogP contribution in [-0.2, 0) is 14.9 Å². The van der Waals surface area contributed by atoms with E-state index in [4.69, 9.17) is 0 Å². The maximum Gasteiger partial charge on any atom is 0.267 e. The van der Waals surface area contributed by atoms with Gasteiger partial charge in [-0.25, -0.2) is 0 Å². The summed E-state index contributed by atoms with van der Waals surface area (Å²) < 4.78 is 32.3. The molecule has 0 bridgehead atoms. The van der Waals surface area contributed by atoms with Gasteiger partial charge in [0.1, 0.15) is 0 Å². The molecule has 0 spiro atoms. The summed E-state index contributed by atoms with van der Waals surface area (Å²) >= 11 is 0. The molecule has 43 heavy (non-hydrogen) atoms. The molecule has 7 heteroatoms. The first kappa shape index (κ1) is 42.1. The monoisotopic (exact) mass is 630 g/mol. The van der Waals surface area contributed by atoms with Crippen molar-refractivity contribution in [2.75, 3.05) is 5.75 Å². The van der Waals surface area contributed by atoms with E-state index in [1.165, 1.54) is 135 Å². The number of rotatable bonds is 33. The second-order valence-corrected chi connectivity index (χ2v) is 14.4. The smallest absolute Gasteiger partial charge is 0.267 e. The van der Waals surface area contributed by atoms with Gasteiger partial charge in [0.05, 0.1) is 17.9 Å². The van der Waals surface area contributed by atoms with Crippen molar-refractivity contribution < 1.29 is 22.9 Å². The number of hydrogen-bond donors (Lipinski definition) is 3. The minimum atomic E-state index is -4.33. The van der Waals surface area contributed by atoms with Gasteiger partial charge >= 0.3 is 0 Å². The molecule has 1 amide bonds. The Morgan fingerprint density at radius 3 is 1.33 bits per heavy atom. The highest BCUT2D eigenvalue weighted by Crippen LogP contribution is 2.15. The summed E-state index contributed by atoms with van der Waals surface area (Å²) in [5, 5.41) is 13.1. The third kappa shape index (κ3) is 32.3. The second kappa shape index (κ2) is 31.1. The maximum atomic E-state index is 12.4. The maximum absolute atomic E-state index is 12.4. The third-order valence-corrected chi connectivity index (χ3v) is 9.24. The van der Waals surface area contributed by atoms with Gasteiger partial charge in [-0.3, -0.25) is 9.35 Å². The molecular formula is C36H71NO5S. The Balaban J connectivity index is 3.91. The van der Waals surface area contributed by atoms with Crippen LogP contribution in [0.25, 0.3) is 0 Å². The number of amides is 1. The fourth-order valence-corrected chi connectivity index (χ4v) is 6.42. The van der Waals surface area contributed by atoms with Gasteiger partial charge in [0, 0.05) is 6.42 Å². The van der Waals surface area contributed by atoms with Gasteiger partial charge in [0.15, 0.2) is 0 Å². The highest BCUT2D eigenvalue weighted by Gasteiger charge is 2.24. The Bertz CT molecular complexity index is 740. The molecular weight excluding hydrogens is 558 g/mol. The van der Waals surface area contributed by atoms with E-state index in [-0.39, 0.29) is 5.91 Å². The minimum Gasteiger partial charge on any atom is -0.387 e. The Kier molecular flexibility index (Phi) is 30.4. The third-order valence-electron chi connectivity index (χ3n) is 8.46. The molecule has 0 aromatic rings. The van der Waals surface area contributed by atoms with E-state index in [1.807, 2.05) is 6.08 Å². The molecule has 0 aromatic heterocycles. The zero-order valence-corrected chi connectivity index (χ0v) is 29.2. The zero-order chi connectivity index (χ0) is 31.9. The highest BCUT2D eigenvalue weighted by atomic mass is 32.2. The Morgan fingerprint density at radius 2 is 0.953 bits per heavy atom. The lowest BCUT2D eigenvalue weighted by Gasteiger charge is -2.21. The summed E-state index contributed by atoms with van der Waals surface area (Å²) in [5.74, 6) is -0.970. The van der Waals surface area contributed by atoms with Crippen LogP contribution in [0.2, 0.25) is 0 Å². The summed E-state index contributed by atoms with van der Waals surface area (Å²) in [6, 6.07) is -1.05. The van der Waals surface area contributed by atoms with Gasteiger partial charge in [-0.2, -0.15) is 8.42 Å². The topological polar surface area (TPSA) is 104 Å². The number of allylic oxidation sites excluding steroid dienone is 1. The van der Waals surface area contributed by atoms with E-state index in [0.717, 1.165) is 38.5 Å². The van der Waals surface area contributed by atoms with E-state index in [2.05, 4.69) is 19.2 Å². The SMILES string of the molecule is CCCCCCCCCCC/C=C/C(O)C(CS(=O)(=O)O)NC(=O)CCCCCCCCCCCCCCCCCCC. The van der Waals surface area contributed by atoms with Crippen LogP contribution in [0.4, 0.5) is 0 Å². The Morgan fingerprint density at radius 1 is 0.605 bits per heavy atom. The number of carbonyl (C=O) groups excluding carboxylic acids is 1. The van der Waals surface area contributed by atoms with Crippen LogP contribution in [0, 0.1) is 0 Å². The first-order valence-corrected chi connectivity index (χ1v) is 20.0. The molecule has 0 heterocycles. The molecule has 0 aliphatic heterocycles. The van der Waals surface area contributed by atoms with Crippen molar-refractivity contribution >= 4 is 16.0 Å². The summed E-state index contributed by atoms with van der Waals surface area (Å²) in [6.07, 6.45) is 36.2. The molecule has 3 N–H and O–H groups in total. The van der Waals surface area contributed by atoms with Gasteiger partial charge < -0.3 is 10.4 Å². The molecule has 2 unspecified atom stereocenters. The van der Waals surface area contributed by atoms with Gasteiger partial charge in [-0.05, 0) is 19.3 Å². The molecule has 2 atom stereocenters. The number of hydrogen-bond acceptors (Lipinski definition) is 4. The zero-order valence-electron chi connectivity index (χ0n) is 28.3. The van der Waals surface area contributed by atoms with Crippen molar-refractivity contribution in [2.24, 2.45) is 0 Å². The van der Waals surface area contributed by atoms with Gasteiger partial charge in [0.2, 0.25) is 5.91 Å². The van der Waals surface area contributed by atoms with Crippen LogP contribution >= 0.6 is 0 Å². The predicted molar refractivity (Wildman–Crippen MR) is 184 cm³/mol. The van der Waals surface area contributed by atoms with Crippen molar-refractivity contribution in [1.29, 1.82) is 0 Å². The first-order valence-electron chi connectivity index (χ1n) is 18.4. The number of aliphatic hydroxyl groups is 1. The van der Waals surface area contributed by atoms with Crippen molar-refractivity contribution in [1.82, 2.24) is 5.32 Å². The van der Waals surface area contributed by atoms with Crippen molar-refractivity contribution in [3.63, 3.8) is 0 Å². The second-order valence-electron chi connectivity index (χ2n) is 12.9. The molecule has 0 aromatic carbocycles. The molecule has 0 fully saturated rings. The fraction of sp³-hybridized carbons (Fsp3) is 0.917. The largest absolute Gasteiger partial charge is 0.387 e. The number of nitrogens with one attached hydrogen (secondary N) is 1. The van der Waals surface area contributed by atoms with E-state index in [1.54, 1.807) is 6.08 Å². The van der Waals surface area contributed by atoms with E-state index in [0.29, 0.717) is 6.42 Å². The van der Waals surface area contributed by atoms with E-state index < -0.39 is 28.0 Å². The van der Waals surface area contributed by atoms with Crippen molar-refractivity contribution in [3.8, 4) is 0 Å². The number of unbranched alkanes of at least 4 members (excludes halogenated alkanes) is 25. The van der Waals surface area contributed by atoms with E-state index >= 15 is 0 Å².